The summed E-state index contributed by atoms with van der Waals surface area (Å²) in [4.78, 5) is 14.6. The van der Waals surface area contributed by atoms with Crippen LogP contribution in [0, 0.1) is 0 Å². The van der Waals surface area contributed by atoms with Gasteiger partial charge in [-0.2, -0.15) is 0 Å². The summed E-state index contributed by atoms with van der Waals surface area (Å²) in [6.07, 6.45) is 0.828. The Bertz CT molecular complexity index is 1010. The molecule has 3 rings (SSSR count). The van der Waals surface area contributed by atoms with Gasteiger partial charge in [-0.25, -0.2) is 8.42 Å². The number of ether oxygens (including phenoxy) is 2. The van der Waals surface area contributed by atoms with Gasteiger partial charge in [-0.1, -0.05) is 13.0 Å². The number of rotatable bonds is 7. The molecule has 0 spiro atoms. The van der Waals surface area contributed by atoms with Gasteiger partial charge in [-0.3, -0.25) is 9.52 Å². The smallest absolute Gasteiger partial charge is 0.261 e. The van der Waals surface area contributed by atoms with E-state index in [1.165, 1.54) is 12.1 Å². The Balaban J connectivity index is 1.78. The summed E-state index contributed by atoms with van der Waals surface area (Å²) in [5.41, 5.74) is 0.725. The third kappa shape index (κ3) is 5.33. The number of sulfonamides is 1. The second-order valence-corrected chi connectivity index (χ2v) is 9.40. The number of hydrogen-bond donors (Lipinski definition) is 1. The number of amides is 1. The lowest BCUT2D eigenvalue weighted by Gasteiger charge is -2.32. The Hall–Kier alpha value is -2.10. The van der Waals surface area contributed by atoms with Crippen molar-refractivity contribution in [3.63, 3.8) is 0 Å². The molecule has 162 valence electrons. The van der Waals surface area contributed by atoms with Crippen molar-refractivity contribution in [1.82, 2.24) is 4.90 Å². The highest BCUT2D eigenvalue weighted by molar-refractivity contribution is 9.10. The summed E-state index contributed by atoms with van der Waals surface area (Å²) < 4.78 is 40.0. The summed E-state index contributed by atoms with van der Waals surface area (Å²) in [6.45, 7) is 5.87. The normalized spacial score (nSPS) is 16.9. The molecule has 1 amide bonds. The zero-order valence-electron chi connectivity index (χ0n) is 16.9. The van der Waals surface area contributed by atoms with Crippen LogP contribution in [0.25, 0.3) is 0 Å². The van der Waals surface area contributed by atoms with Gasteiger partial charge in [-0.05, 0) is 65.7 Å². The summed E-state index contributed by atoms with van der Waals surface area (Å²) in [7, 11) is -3.86. The Morgan fingerprint density at radius 3 is 2.77 bits per heavy atom. The zero-order valence-corrected chi connectivity index (χ0v) is 19.3. The average molecular weight is 497 g/mol. The van der Waals surface area contributed by atoms with Crippen LogP contribution in [-0.2, 0) is 14.8 Å². The fraction of sp³-hybridized carbons (Fsp3) is 0.381. The molecule has 0 bridgehead atoms. The summed E-state index contributed by atoms with van der Waals surface area (Å²) in [5, 5.41) is 0. The minimum absolute atomic E-state index is 0.00869. The van der Waals surface area contributed by atoms with Crippen LogP contribution < -0.4 is 9.46 Å². The number of nitrogens with zero attached hydrogens (tertiary/aromatic N) is 1. The van der Waals surface area contributed by atoms with Gasteiger partial charge in [0.1, 0.15) is 5.75 Å². The largest absolute Gasteiger partial charge is 0.493 e. The molecule has 1 heterocycles. The van der Waals surface area contributed by atoms with Gasteiger partial charge in [0.05, 0.1) is 34.4 Å². The molecule has 0 radical (unpaired) electrons. The van der Waals surface area contributed by atoms with E-state index in [2.05, 4.69) is 20.7 Å². The first kappa shape index (κ1) is 22.6. The highest BCUT2D eigenvalue weighted by Gasteiger charge is 2.25. The number of morpholine rings is 1. The van der Waals surface area contributed by atoms with Crippen LogP contribution in [0.15, 0.2) is 51.8 Å². The Labute approximate surface area is 185 Å². The van der Waals surface area contributed by atoms with Crippen molar-refractivity contribution in [1.29, 1.82) is 0 Å². The summed E-state index contributed by atoms with van der Waals surface area (Å²) in [5.74, 6) is 0.432. The molecule has 1 aliphatic heterocycles. The number of benzene rings is 2. The fourth-order valence-electron chi connectivity index (χ4n) is 3.18. The van der Waals surface area contributed by atoms with Crippen LogP contribution in [0.4, 0.5) is 5.69 Å². The molecule has 1 atom stereocenters. The molecule has 0 aromatic heterocycles. The maximum atomic E-state index is 12.9. The fourth-order valence-corrected chi connectivity index (χ4v) is 4.77. The third-order valence-corrected chi connectivity index (χ3v) is 6.76. The second kappa shape index (κ2) is 9.80. The first-order valence-corrected chi connectivity index (χ1v) is 12.1. The van der Waals surface area contributed by atoms with Gasteiger partial charge < -0.3 is 14.4 Å². The third-order valence-electron chi connectivity index (χ3n) is 4.76. The zero-order chi connectivity index (χ0) is 21.7. The van der Waals surface area contributed by atoms with Crippen LogP contribution in [-0.4, -0.2) is 51.6 Å². The van der Waals surface area contributed by atoms with Gasteiger partial charge in [0.25, 0.3) is 15.9 Å². The van der Waals surface area contributed by atoms with E-state index < -0.39 is 10.0 Å². The van der Waals surface area contributed by atoms with Crippen LogP contribution in [0.3, 0.4) is 0 Å². The van der Waals surface area contributed by atoms with Gasteiger partial charge in [0, 0.05) is 18.7 Å². The lowest BCUT2D eigenvalue weighted by atomic mass is 10.1. The predicted octanol–water partition coefficient (Wildman–Crippen LogP) is 3.90. The standard InChI is InChI=1S/C21H25BrN2O5S/c1-3-17-14-24(10-11-29-17)21(25)15-6-5-7-18(12-15)30(26,27)23-16-8-9-20(28-4-2)19(22)13-16/h5-9,12-13,17,23H,3-4,10-11,14H2,1-2H3. The van der Waals surface area contributed by atoms with Crippen molar-refractivity contribution in [2.45, 2.75) is 31.3 Å². The van der Waals surface area contributed by atoms with Crippen molar-refractivity contribution in [3.8, 4) is 5.75 Å². The number of carbonyl (C=O) groups excluding carboxylic acids is 1. The first-order valence-electron chi connectivity index (χ1n) is 9.80. The van der Waals surface area contributed by atoms with Crippen LogP contribution in [0.1, 0.15) is 30.6 Å². The van der Waals surface area contributed by atoms with E-state index in [1.807, 2.05) is 13.8 Å². The van der Waals surface area contributed by atoms with Crippen molar-refractivity contribution >= 4 is 37.5 Å². The van der Waals surface area contributed by atoms with E-state index in [4.69, 9.17) is 9.47 Å². The predicted molar refractivity (Wildman–Crippen MR) is 118 cm³/mol. The molecular formula is C21H25BrN2O5S. The average Bonchev–Trinajstić information content (AvgIpc) is 2.75. The lowest BCUT2D eigenvalue weighted by Crippen LogP contribution is -2.45. The highest BCUT2D eigenvalue weighted by atomic mass is 79.9. The molecule has 1 aliphatic rings. The van der Waals surface area contributed by atoms with Gasteiger partial charge in [0.2, 0.25) is 0 Å². The van der Waals surface area contributed by atoms with E-state index in [0.717, 1.165) is 6.42 Å². The quantitative estimate of drug-likeness (QED) is 0.628. The van der Waals surface area contributed by atoms with Crippen molar-refractivity contribution in [2.75, 3.05) is 31.0 Å². The van der Waals surface area contributed by atoms with E-state index in [1.54, 1.807) is 35.2 Å². The minimum Gasteiger partial charge on any atom is -0.493 e. The minimum atomic E-state index is -3.86. The van der Waals surface area contributed by atoms with Crippen molar-refractivity contribution in [2.24, 2.45) is 0 Å². The SMILES string of the molecule is CCOc1ccc(NS(=O)(=O)c2cccc(C(=O)N3CCOC(CC)C3)c2)cc1Br. The molecule has 7 nitrogen and oxygen atoms in total. The van der Waals surface area contributed by atoms with Crippen LogP contribution in [0.5, 0.6) is 5.75 Å². The summed E-state index contributed by atoms with van der Waals surface area (Å²) in [6, 6.07) is 11.0. The Morgan fingerprint density at radius 1 is 1.27 bits per heavy atom. The highest BCUT2D eigenvalue weighted by Crippen LogP contribution is 2.29. The molecule has 1 N–H and O–H groups in total. The van der Waals surface area contributed by atoms with Crippen LogP contribution in [0.2, 0.25) is 0 Å². The molecule has 0 saturated carbocycles. The number of nitrogens with one attached hydrogen (secondary N) is 1. The number of halogens is 1. The molecular weight excluding hydrogens is 472 g/mol. The van der Waals surface area contributed by atoms with Gasteiger partial charge >= 0.3 is 0 Å². The Morgan fingerprint density at radius 2 is 2.07 bits per heavy atom. The van der Waals surface area contributed by atoms with E-state index >= 15 is 0 Å². The molecule has 1 fully saturated rings. The molecule has 2 aromatic rings. The summed E-state index contributed by atoms with van der Waals surface area (Å²) >= 11 is 3.38. The maximum absolute atomic E-state index is 12.9. The van der Waals surface area contributed by atoms with E-state index in [9.17, 15) is 13.2 Å². The van der Waals surface area contributed by atoms with Gasteiger partial charge in [-0.15, -0.1) is 0 Å². The van der Waals surface area contributed by atoms with Crippen molar-refractivity contribution in [3.05, 3.63) is 52.5 Å². The maximum Gasteiger partial charge on any atom is 0.261 e. The van der Waals surface area contributed by atoms with E-state index in [-0.39, 0.29) is 16.9 Å². The molecule has 2 aromatic carbocycles. The topological polar surface area (TPSA) is 84.9 Å². The van der Waals surface area contributed by atoms with Gasteiger partial charge in [0.15, 0.2) is 0 Å². The number of hydrogen-bond acceptors (Lipinski definition) is 5. The number of carbonyl (C=O) groups is 1. The van der Waals surface area contributed by atoms with Crippen molar-refractivity contribution < 1.29 is 22.7 Å². The van der Waals surface area contributed by atoms with E-state index in [0.29, 0.717) is 47.8 Å². The molecule has 9 heteroatoms. The Kier molecular flexibility index (Phi) is 7.38. The monoisotopic (exact) mass is 496 g/mol. The van der Waals surface area contributed by atoms with Crippen LogP contribution >= 0.6 is 15.9 Å². The molecule has 1 unspecified atom stereocenters. The lowest BCUT2D eigenvalue weighted by molar-refractivity contribution is -0.0226. The molecule has 1 saturated heterocycles. The number of anilines is 1. The first-order chi connectivity index (χ1) is 14.3. The molecule has 0 aliphatic carbocycles. The second-order valence-electron chi connectivity index (χ2n) is 6.86. The molecule has 30 heavy (non-hydrogen) atoms.